The Morgan fingerprint density at radius 1 is 0.844 bits per heavy atom. The standard InChI is InChI=1S/C28H24N2OS/c1-2-22-13-8-14-25-27(22)29-28(32-25)30(19-20-9-4-3-5-10-20)26(31)18-21-15-16-23-11-6-7-12-24(23)17-21/h3-17H,2,18-19H2,1H3. The molecule has 0 atom stereocenters. The van der Waals surface area contributed by atoms with Crippen molar-refractivity contribution in [3.63, 3.8) is 0 Å². The number of aryl methyl sites for hydroxylation is 1. The molecule has 4 aromatic carbocycles. The molecular formula is C28H24N2OS. The average molecular weight is 437 g/mol. The molecule has 0 unspecified atom stereocenters. The number of amides is 1. The van der Waals surface area contributed by atoms with E-state index in [-0.39, 0.29) is 5.91 Å². The minimum atomic E-state index is 0.0567. The lowest BCUT2D eigenvalue weighted by atomic mass is 10.0. The molecule has 0 fully saturated rings. The summed E-state index contributed by atoms with van der Waals surface area (Å²) in [7, 11) is 0. The Kier molecular flexibility index (Phi) is 5.70. The molecule has 1 heterocycles. The average Bonchev–Trinajstić information content (AvgIpc) is 3.27. The molecule has 5 rings (SSSR count). The maximum atomic E-state index is 13.6. The van der Waals surface area contributed by atoms with E-state index in [4.69, 9.17) is 4.98 Å². The summed E-state index contributed by atoms with van der Waals surface area (Å²) >= 11 is 1.59. The third kappa shape index (κ3) is 4.14. The van der Waals surface area contributed by atoms with E-state index in [2.05, 4.69) is 67.6 Å². The van der Waals surface area contributed by atoms with Gasteiger partial charge in [0.2, 0.25) is 5.91 Å². The Hall–Kier alpha value is -3.50. The molecule has 3 nitrogen and oxygen atoms in total. The van der Waals surface area contributed by atoms with Crippen molar-refractivity contribution in [1.82, 2.24) is 4.98 Å². The lowest BCUT2D eigenvalue weighted by molar-refractivity contribution is -0.118. The first kappa shape index (κ1) is 20.4. The Morgan fingerprint density at radius 3 is 2.44 bits per heavy atom. The number of aromatic nitrogens is 1. The second-order valence-electron chi connectivity index (χ2n) is 7.94. The number of hydrogen-bond acceptors (Lipinski definition) is 3. The van der Waals surface area contributed by atoms with Gasteiger partial charge in [-0.2, -0.15) is 0 Å². The van der Waals surface area contributed by atoms with E-state index < -0.39 is 0 Å². The first-order chi connectivity index (χ1) is 15.7. The molecule has 0 aliphatic rings. The van der Waals surface area contributed by atoms with Crippen molar-refractivity contribution in [3.05, 3.63) is 108 Å². The first-order valence-electron chi connectivity index (χ1n) is 10.9. The predicted octanol–water partition coefficient (Wildman–Crippen LogP) is 6.79. The topological polar surface area (TPSA) is 33.2 Å². The van der Waals surface area contributed by atoms with Gasteiger partial charge >= 0.3 is 0 Å². The van der Waals surface area contributed by atoms with Gasteiger partial charge in [0.25, 0.3) is 0 Å². The Morgan fingerprint density at radius 2 is 1.62 bits per heavy atom. The maximum absolute atomic E-state index is 13.6. The third-order valence-electron chi connectivity index (χ3n) is 5.76. The van der Waals surface area contributed by atoms with E-state index in [9.17, 15) is 4.79 Å². The molecule has 1 amide bonds. The quantitative estimate of drug-likeness (QED) is 0.294. The number of thiazole rings is 1. The van der Waals surface area contributed by atoms with Gasteiger partial charge in [0.05, 0.1) is 23.2 Å². The predicted molar refractivity (Wildman–Crippen MR) is 134 cm³/mol. The number of fused-ring (bicyclic) bond motifs is 2. The van der Waals surface area contributed by atoms with Crippen LogP contribution in [0.2, 0.25) is 0 Å². The monoisotopic (exact) mass is 436 g/mol. The highest BCUT2D eigenvalue weighted by Gasteiger charge is 2.21. The van der Waals surface area contributed by atoms with Gasteiger partial charge < -0.3 is 0 Å². The van der Waals surface area contributed by atoms with Crippen molar-refractivity contribution >= 4 is 43.4 Å². The van der Waals surface area contributed by atoms with E-state index >= 15 is 0 Å². The van der Waals surface area contributed by atoms with E-state index in [1.54, 1.807) is 11.3 Å². The van der Waals surface area contributed by atoms with Crippen molar-refractivity contribution in [3.8, 4) is 0 Å². The van der Waals surface area contributed by atoms with E-state index in [1.807, 2.05) is 35.2 Å². The summed E-state index contributed by atoms with van der Waals surface area (Å²) < 4.78 is 1.12. The van der Waals surface area contributed by atoms with Crippen LogP contribution in [0.5, 0.6) is 0 Å². The highest BCUT2D eigenvalue weighted by Crippen LogP contribution is 2.32. The summed E-state index contributed by atoms with van der Waals surface area (Å²) in [6.07, 6.45) is 1.26. The van der Waals surface area contributed by atoms with Crippen LogP contribution in [0, 0.1) is 0 Å². The number of hydrogen-bond donors (Lipinski definition) is 0. The molecule has 0 N–H and O–H groups in total. The number of carbonyl (C=O) groups is 1. The first-order valence-corrected chi connectivity index (χ1v) is 11.7. The number of para-hydroxylation sites is 1. The minimum absolute atomic E-state index is 0.0567. The molecule has 4 heteroatoms. The largest absolute Gasteiger partial charge is 0.283 e. The smallest absolute Gasteiger partial charge is 0.233 e. The van der Waals surface area contributed by atoms with Crippen LogP contribution in [0.25, 0.3) is 21.0 Å². The summed E-state index contributed by atoms with van der Waals surface area (Å²) in [5.74, 6) is 0.0567. The normalized spacial score (nSPS) is 11.2. The second kappa shape index (κ2) is 8.93. The number of anilines is 1. The van der Waals surface area contributed by atoms with Gasteiger partial charge in [-0.25, -0.2) is 4.98 Å². The molecule has 0 saturated heterocycles. The van der Waals surface area contributed by atoms with Crippen LogP contribution >= 0.6 is 11.3 Å². The molecule has 32 heavy (non-hydrogen) atoms. The van der Waals surface area contributed by atoms with Gasteiger partial charge in [-0.1, -0.05) is 103 Å². The zero-order chi connectivity index (χ0) is 21.9. The van der Waals surface area contributed by atoms with Gasteiger partial charge in [0, 0.05) is 0 Å². The van der Waals surface area contributed by atoms with Gasteiger partial charge in [0.1, 0.15) is 0 Å². The summed E-state index contributed by atoms with van der Waals surface area (Å²) in [5, 5.41) is 3.10. The summed E-state index contributed by atoms with van der Waals surface area (Å²) in [6, 6.07) is 30.9. The number of nitrogens with zero attached hydrogens (tertiary/aromatic N) is 2. The van der Waals surface area contributed by atoms with Gasteiger partial charge in [-0.15, -0.1) is 0 Å². The van der Waals surface area contributed by atoms with Crippen LogP contribution < -0.4 is 4.90 Å². The van der Waals surface area contributed by atoms with Crippen LogP contribution in [-0.4, -0.2) is 10.9 Å². The molecule has 0 bridgehead atoms. The molecule has 5 aromatic rings. The molecule has 0 spiro atoms. The van der Waals surface area contributed by atoms with Crippen LogP contribution in [0.1, 0.15) is 23.6 Å². The highest BCUT2D eigenvalue weighted by molar-refractivity contribution is 7.22. The Bertz CT molecular complexity index is 1390. The summed E-state index contributed by atoms with van der Waals surface area (Å²) in [5.41, 5.74) is 4.33. The van der Waals surface area contributed by atoms with Gasteiger partial charge in [-0.05, 0) is 39.9 Å². The Balaban J connectivity index is 1.51. The molecule has 0 radical (unpaired) electrons. The van der Waals surface area contributed by atoms with Crippen LogP contribution in [0.15, 0.2) is 91.0 Å². The Labute approximate surface area is 192 Å². The SMILES string of the molecule is CCc1cccc2sc(N(Cc3ccccc3)C(=O)Cc3ccc4ccccc4c3)nc12. The lowest BCUT2D eigenvalue weighted by Crippen LogP contribution is -2.31. The molecule has 1 aromatic heterocycles. The third-order valence-corrected chi connectivity index (χ3v) is 6.80. The van der Waals surface area contributed by atoms with Crippen molar-refractivity contribution in [2.75, 3.05) is 4.90 Å². The molecular weight excluding hydrogens is 412 g/mol. The van der Waals surface area contributed by atoms with E-state index in [0.29, 0.717) is 13.0 Å². The summed E-state index contributed by atoms with van der Waals surface area (Å²) in [6.45, 7) is 2.65. The minimum Gasteiger partial charge on any atom is -0.283 e. The van der Waals surface area contributed by atoms with E-state index in [0.717, 1.165) is 38.3 Å². The number of rotatable bonds is 6. The van der Waals surface area contributed by atoms with Crippen LogP contribution in [-0.2, 0) is 24.2 Å². The fourth-order valence-electron chi connectivity index (χ4n) is 4.04. The number of benzene rings is 4. The van der Waals surface area contributed by atoms with Crippen LogP contribution in [0.3, 0.4) is 0 Å². The lowest BCUT2D eigenvalue weighted by Gasteiger charge is -2.20. The second-order valence-corrected chi connectivity index (χ2v) is 8.95. The van der Waals surface area contributed by atoms with Crippen molar-refractivity contribution in [2.24, 2.45) is 0 Å². The van der Waals surface area contributed by atoms with Gasteiger partial charge in [0.15, 0.2) is 5.13 Å². The van der Waals surface area contributed by atoms with Crippen molar-refractivity contribution < 1.29 is 4.79 Å². The zero-order valence-corrected chi connectivity index (χ0v) is 18.8. The maximum Gasteiger partial charge on any atom is 0.233 e. The van der Waals surface area contributed by atoms with Crippen molar-refractivity contribution in [1.29, 1.82) is 0 Å². The zero-order valence-electron chi connectivity index (χ0n) is 18.0. The summed E-state index contributed by atoms with van der Waals surface area (Å²) in [4.78, 5) is 20.3. The molecule has 0 saturated carbocycles. The van der Waals surface area contributed by atoms with E-state index in [1.165, 1.54) is 10.9 Å². The van der Waals surface area contributed by atoms with Crippen LogP contribution in [0.4, 0.5) is 5.13 Å². The fourth-order valence-corrected chi connectivity index (χ4v) is 5.07. The fraction of sp³-hybridized carbons (Fsp3) is 0.143. The number of carbonyl (C=O) groups excluding carboxylic acids is 1. The van der Waals surface area contributed by atoms with Crippen molar-refractivity contribution in [2.45, 2.75) is 26.3 Å². The molecule has 158 valence electrons. The highest BCUT2D eigenvalue weighted by atomic mass is 32.1. The molecule has 0 aliphatic carbocycles. The van der Waals surface area contributed by atoms with Gasteiger partial charge in [-0.3, -0.25) is 9.69 Å². The molecule has 0 aliphatic heterocycles.